The van der Waals surface area contributed by atoms with E-state index in [9.17, 15) is 14.7 Å². The monoisotopic (exact) mass is 431 g/mol. The molecule has 2 aromatic rings. The van der Waals surface area contributed by atoms with Crippen LogP contribution in [0.4, 0.5) is 0 Å². The molecule has 0 radical (unpaired) electrons. The second kappa shape index (κ2) is 9.92. The van der Waals surface area contributed by atoms with Crippen LogP contribution in [0, 0.1) is 5.92 Å². The summed E-state index contributed by atoms with van der Waals surface area (Å²) in [7, 11) is 0. The molecule has 0 aliphatic rings. The maximum Gasteiger partial charge on any atom is 0.326 e. The SMILES string of the molecule is CC(C)C(NC(=O)/C=C/c1cc(Br)ccc1OCc1ccccc1)C(=O)O. The lowest BCUT2D eigenvalue weighted by Gasteiger charge is -2.16. The molecule has 1 atom stereocenters. The van der Waals surface area contributed by atoms with Crippen molar-refractivity contribution in [2.45, 2.75) is 26.5 Å². The molecule has 1 amide bonds. The average molecular weight is 432 g/mol. The number of benzene rings is 2. The molecule has 2 rings (SSSR count). The predicted molar refractivity (Wildman–Crippen MR) is 108 cm³/mol. The highest BCUT2D eigenvalue weighted by Crippen LogP contribution is 2.25. The van der Waals surface area contributed by atoms with E-state index in [-0.39, 0.29) is 5.92 Å². The molecule has 0 bridgehead atoms. The Bertz CT molecular complexity index is 818. The highest BCUT2D eigenvalue weighted by Gasteiger charge is 2.22. The Kier molecular flexibility index (Phi) is 7.61. The van der Waals surface area contributed by atoms with Crippen LogP contribution >= 0.6 is 15.9 Å². The van der Waals surface area contributed by atoms with Gasteiger partial charge in [-0.3, -0.25) is 4.79 Å². The van der Waals surface area contributed by atoms with Crippen LogP contribution in [0.1, 0.15) is 25.0 Å². The Hall–Kier alpha value is -2.60. The Balaban J connectivity index is 2.10. The summed E-state index contributed by atoms with van der Waals surface area (Å²) in [5.41, 5.74) is 1.75. The highest BCUT2D eigenvalue weighted by molar-refractivity contribution is 9.10. The van der Waals surface area contributed by atoms with Gasteiger partial charge in [-0.15, -0.1) is 0 Å². The largest absolute Gasteiger partial charge is 0.488 e. The standard InChI is InChI=1S/C21H22BrNO4/c1-14(2)20(21(25)26)23-19(24)11-8-16-12-17(22)9-10-18(16)27-13-15-6-4-3-5-7-15/h3-12,14,20H,13H2,1-2H3,(H,23,24)(H,25,26)/b11-8+. The second-order valence-electron chi connectivity index (χ2n) is 6.36. The molecule has 1 unspecified atom stereocenters. The van der Waals surface area contributed by atoms with Gasteiger partial charge in [0.05, 0.1) is 0 Å². The topological polar surface area (TPSA) is 75.6 Å². The Morgan fingerprint density at radius 3 is 2.52 bits per heavy atom. The number of hydrogen-bond acceptors (Lipinski definition) is 3. The number of rotatable bonds is 8. The summed E-state index contributed by atoms with van der Waals surface area (Å²) in [5.74, 6) is -1.11. The molecular formula is C21H22BrNO4. The molecule has 0 aliphatic carbocycles. The van der Waals surface area contributed by atoms with Crippen molar-refractivity contribution in [1.29, 1.82) is 0 Å². The summed E-state index contributed by atoms with van der Waals surface area (Å²) in [6.07, 6.45) is 2.93. The number of ether oxygens (including phenoxy) is 1. The predicted octanol–water partition coefficient (Wildman–Crippen LogP) is 4.27. The van der Waals surface area contributed by atoms with Gasteiger partial charge in [0.15, 0.2) is 0 Å². The maximum atomic E-state index is 12.1. The third kappa shape index (κ3) is 6.57. The van der Waals surface area contributed by atoms with E-state index >= 15 is 0 Å². The van der Waals surface area contributed by atoms with Gasteiger partial charge in [-0.25, -0.2) is 4.79 Å². The smallest absolute Gasteiger partial charge is 0.326 e. The Morgan fingerprint density at radius 2 is 1.89 bits per heavy atom. The van der Waals surface area contributed by atoms with E-state index in [0.29, 0.717) is 17.9 Å². The third-order valence-electron chi connectivity index (χ3n) is 3.85. The van der Waals surface area contributed by atoms with E-state index < -0.39 is 17.9 Å². The van der Waals surface area contributed by atoms with E-state index in [1.165, 1.54) is 6.08 Å². The number of aliphatic carboxylic acids is 1. The fourth-order valence-electron chi connectivity index (χ4n) is 2.40. The van der Waals surface area contributed by atoms with Crippen molar-refractivity contribution in [1.82, 2.24) is 5.32 Å². The zero-order chi connectivity index (χ0) is 19.8. The number of nitrogens with one attached hydrogen (secondary N) is 1. The van der Waals surface area contributed by atoms with Crippen molar-refractivity contribution in [3.8, 4) is 5.75 Å². The summed E-state index contributed by atoms with van der Waals surface area (Å²) in [6.45, 7) is 3.89. The van der Waals surface area contributed by atoms with Crippen LogP contribution in [0.2, 0.25) is 0 Å². The highest BCUT2D eigenvalue weighted by atomic mass is 79.9. The molecule has 0 heterocycles. The van der Waals surface area contributed by atoms with Crippen LogP contribution in [0.3, 0.4) is 0 Å². The zero-order valence-corrected chi connectivity index (χ0v) is 16.8. The average Bonchev–Trinajstić information content (AvgIpc) is 2.64. The molecule has 2 N–H and O–H groups in total. The summed E-state index contributed by atoms with van der Waals surface area (Å²) in [6, 6.07) is 14.4. The number of amides is 1. The number of halogens is 1. The Labute approximate surface area is 167 Å². The van der Waals surface area contributed by atoms with E-state index in [4.69, 9.17) is 4.74 Å². The van der Waals surface area contributed by atoms with Gasteiger partial charge in [0.2, 0.25) is 5.91 Å². The third-order valence-corrected chi connectivity index (χ3v) is 4.35. The second-order valence-corrected chi connectivity index (χ2v) is 7.27. The minimum atomic E-state index is -1.05. The van der Waals surface area contributed by atoms with Crippen molar-refractivity contribution in [2.75, 3.05) is 0 Å². The summed E-state index contributed by atoms with van der Waals surface area (Å²) in [5, 5.41) is 11.7. The number of carbonyl (C=O) groups excluding carboxylic acids is 1. The van der Waals surface area contributed by atoms with Crippen LogP contribution in [0.25, 0.3) is 6.08 Å². The van der Waals surface area contributed by atoms with Gasteiger partial charge in [-0.2, -0.15) is 0 Å². The first-order chi connectivity index (χ1) is 12.9. The molecule has 0 aromatic heterocycles. The molecule has 2 aromatic carbocycles. The first-order valence-corrected chi connectivity index (χ1v) is 9.33. The van der Waals surface area contributed by atoms with E-state index in [1.807, 2.05) is 48.5 Å². The lowest BCUT2D eigenvalue weighted by Crippen LogP contribution is -2.43. The molecular weight excluding hydrogens is 410 g/mol. The van der Waals surface area contributed by atoms with Crippen molar-refractivity contribution in [2.24, 2.45) is 5.92 Å². The minimum Gasteiger partial charge on any atom is -0.488 e. The molecule has 0 spiro atoms. The fraction of sp³-hybridized carbons (Fsp3) is 0.238. The van der Waals surface area contributed by atoms with Gasteiger partial charge < -0.3 is 15.2 Å². The van der Waals surface area contributed by atoms with Crippen molar-refractivity contribution in [3.63, 3.8) is 0 Å². The van der Waals surface area contributed by atoms with Gasteiger partial charge in [0.25, 0.3) is 0 Å². The summed E-state index contributed by atoms with van der Waals surface area (Å²) in [4.78, 5) is 23.3. The molecule has 27 heavy (non-hydrogen) atoms. The van der Waals surface area contributed by atoms with Crippen LogP contribution in [0.5, 0.6) is 5.75 Å². The molecule has 142 valence electrons. The summed E-state index contributed by atoms with van der Waals surface area (Å²) < 4.78 is 6.72. The number of carboxylic acids is 1. The van der Waals surface area contributed by atoms with Crippen LogP contribution in [0.15, 0.2) is 59.1 Å². The van der Waals surface area contributed by atoms with Crippen LogP contribution < -0.4 is 10.1 Å². The van der Waals surface area contributed by atoms with Crippen LogP contribution in [-0.4, -0.2) is 23.0 Å². The van der Waals surface area contributed by atoms with Gasteiger partial charge in [0, 0.05) is 16.1 Å². The van der Waals surface area contributed by atoms with Gasteiger partial charge in [-0.1, -0.05) is 60.1 Å². The molecule has 5 nitrogen and oxygen atoms in total. The first kappa shape index (κ1) is 20.7. The van der Waals surface area contributed by atoms with E-state index in [0.717, 1.165) is 10.0 Å². The van der Waals surface area contributed by atoms with Crippen molar-refractivity contribution in [3.05, 3.63) is 70.2 Å². The molecule has 0 saturated heterocycles. The van der Waals surface area contributed by atoms with Gasteiger partial charge in [0.1, 0.15) is 18.4 Å². The van der Waals surface area contributed by atoms with E-state index in [2.05, 4.69) is 21.2 Å². The Morgan fingerprint density at radius 1 is 1.19 bits per heavy atom. The van der Waals surface area contributed by atoms with Crippen molar-refractivity contribution >= 4 is 33.9 Å². The first-order valence-electron chi connectivity index (χ1n) is 8.54. The summed E-state index contributed by atoms with van der Waals surface area (Å²) >= 11 is 3.41. The zero-order valence-electron chi connectivity index (χ0n) is 15.2. The molecule has 0 aliphatic heterocycles. The number of carbonyl (C=O) groups is 2. The number of hydrogen-bond donors (Lipinski definition) is 2. The normalized spacial score (nSPS) is 12.1. The molecule has 6 heteroatoms. The molecule has 0 fully saturated rings. The number of carboxylic acid groups (broad SMARTS) is 1. The maximum absolute atomic E-state index is 12.1. The lowest BCUT2D eigenvalue weighted by atomic mass is 10.0. The lowest BCUT2D eigenvalue weighted by molar-refractivity contribution is -0.142. The fourth-order valence-corrected chi connectivity index (χ4v) is 2.78. The van der Waals surface area contributed by atoms with E-state index in [1.54, 1.807) is 19.9 Å². The van der Waals surface area contributed by atoms with Gasteiger partial charge in [-0.05, 0) is 35.8 Å². The van der Waals surface area contributed by atoms with Crippen molar-refractivity contribution < 1.29 is 19.4 Å². The molecule has 0 saturated carbocycles. The minimum absolute atomic E-state index is 0.213. The van der Waals surface area contributed by atoms with Gasteiger partial charge >= 0.3 is 5.97 Å². The quantitative estimate of drug-likeness (QED) is 0.611. The van der Waals surface area contributed by atoms with Crippen LogP contribution in [-0.2, 0) is 16.2 Å².